The van der Waals surface area contributed by atoms with Crippen molar-refractivity contribution in [3.8, 4) is 28.2 Å². The van der Waals surface area contributed by atoms with Crippen molar-refractivity contribution < 1.29 is 27.9 Å². The highest BCUT2D eigenvalue weighted by molar-refractivity contribution is 6.12. The van der Waals surface area contributed by atoms with E-state index in [9.17, 15) is 18.8 Å². The van der Waals surface area contributed by atoms with E-state index in [-0.39, 0.29) is 23.5 Å². The van der Waals surface area contributed by atoms with Gasteiger partial charge in [0.15, 0.2) is 5.78 Å². The van der Waals surface area contributed by atoms with Crippen molar-refractivity contribution in [1.29, 1.82) is 0 Å². The zero-order chi connectivity index (χ0) is 29.2. The van der Waals surface area contributed by atoms with Crippen LogP contribution in [0.2, 0.25) is 0 Å². The summed E-state index contributed by atoms with van der Waals surface area (Å²) in [5.74, 6) is -0.541. The van der Waals surface area contributed by atoms with Crippen LogP contribution in [-0.2, 0) is 11.2 Å². The molecule has 4 rings (SSSR count). The van der Waals surface area contributed by atoms with Gasteiger partial charge in [0.2, 0.25) is 5.91 Å². The van der Waals surface area contributed by atoms with Crippen LogP contribution in [0, 0.1) is 11.2 Å². The molecule has 208 valence electrons. The maximum Gasteiger partial charge on any atom is 0.255 e. The van der Waals surface area contributed by atoms with E-state index in [4.69, 9.17) is 14.9 Å². The van der Waals surface area contributed by atoms with Gasteiger partial charge in [-0.25, -0.2) is 4.39 Å². The summed E-state index contributed by atoms with van der Waals surface area (Å²) in [7, 11) is 3.03. The minimum absolute atomic E-state index is 0.0684. The van der Waals surface area contributed by atoms with E-state index < -0.39 is 11.7 Å². The first-order valence-corrected chi connectivity index (χ1v) is 13.0. The number of Topliss-reactive ketones (excluding diaryl/α,β-unsaturated/α-hetero) is 1. The topological polar surface area (TPSA) is 112 Å². The highest BCUT2D eigenvalue weighted by Gasteiger charge is 2.25. The second-order valence-corrected chi connectivity index (χ2v) is 10.9. The second kappa shape index (κ2) is 11.3. The molecule has 8 heteroatoms. The Bertz CT molecular complexity index is 1600. The van der Waals surface area contributed by atoms with E-state index in [1.165, 1.54) is 26.3 Å². The van der Waals surface area contributed by atoms with Gasteiger partial charge in [-0.15, -0.1) is 0 Å². The molecule has 0 radical (unpaired) electrons. The van der Waals surface area contributed by atoms with Crippen molar-refractivity contribution >= 4 is 28.6 Å². The summed E-state index contributed by atoms with van der Waals surface area (Å²) >= 11 is 0. The predicted octanol–water partition coefficient (Wildman–Crippen LogP) is 6.31. The van der Waals surface area contributed by atoms with Crippen LogP contribution in [0.1, 0.15) is 59.9 Å². The zero-order valence-corrected chi connectivity index (χ0v) is 23.3. The Kier molecular flexibility index (Phi) is 8.09. The predicted molar refractivity (Wildman–Crippen MR) is 153 cm³/mol. The number of hydrogen-bond acceptors (Lipinski definition) is 5. The number of amides is 2. The van der Waals surface area contributed by atoms with E-state index in [2.05, 4.69) is 5.32 Å². The van der Waals surface area contributed by atoms with Gasteiger partial charge in [0, 0.05) is 30.8 Å². The number of aryl methyl sites for hydroxylation is 1. The van der Waals surface area contributed by atoms with Crippen LogP contribution < -0.4 is 15.8 Å². The molecule has 0 bridgehead atoms. The monoisotopic (exact) mass is 544 g/mol. The molecule has 0 aliphatic heterocycles. The lowest BCUT2D eigenvalue weighted by Gasteiger charge is -2.20. The number of ether oxygens (including phenoxy) is 1. The van der Waals surface area contributed by atoms with Gasteiger partial charge in [-0.1, -0.05) is 26.8 Å². The number of nitrogens with two attached hydrogens (primary N) is 1. The smallest absolute Gasteiger partial charge is 0.255 e. The number of benzene rings is 3. The number of hydrogen-bond donors (Lipinski definition) is 2. The molecule has 0 unspecified atom stereocenters. The minimum atomic E-state index is -0.450. The highest BCUT2D eigenvalue weighted by Crippen LogP contribution is 2.39. The lowest BCUT2D eigenvalue weighted by atomic mass is 9.85. The van der Waals surface area contributed by atoms with E-state index >= 15 is 0 Å². The Hall–Kier alpha value is -4.46. The van der Waals surface area contributed by atoms with E-state index in [1.807, 2.05) is 32.9 Å². The van der Waals surface area contributed by atoms with Gasteiger partial charge in [-0.2, -0.15) is 0 Å². The molecule has 0 atom stereocenters. The lowest BCUT2D eigenvalue weighted by Crippen LogP contribution is -2.18. The summed E-state index contributed by atoms with van der Waals surface area (Å²) in [6.45, 7) is 5.97. The SMILES string of the molecule is CNC(=O)c1c(-c2ccc(F)cc2)oc2ccc(-c3cc(C(=O)CC(C)(C)C)c(OC)cc3CCC(N)=O)cc12. The maximum atomic E-state index is 13.6. The summed E-state index contributed by atoms with van der Waals surface area (Å²) in [6, 6.07) is 14.7. The highest BCUT2D eigenvalue weighted by atomic mass is 19.1. The van der Waals surface area contributed by atoms with Gasteiger partial charge in [0.25, 0.3) is 5.91 Å². The molecule has 0 fully saturated rings. The molecule has 0 aliphatic carbocycles. The number of ketones is 1. The summed E-state index contributed by atoms with van der Waals surface area (Å²) < 4.78 is 25.3. The third kappa shape index (κ3) is 6.06. The quantitative estimate of drug-likeness (QED) is 0.240. The average Bonchev–Trinajstić information content (AvgIpc) is 3.29. The number of furan rings is 1. The summed E-state index contributed by atoms with van der Waals surface area (Å²) in [4.78, 5) is 38.0. The van der Waals surface area contributed by atoms with Crippen molar-refractivity contribution in [1.82, 2.24) is 5.32 Å². The van der Waals surface area contributed by atoms with Crippen LogP contribution in [0.15, 0.2) is 59.0 Å². The first-order chi connectivity index (χ1) is 18.9. The molecular weight excluding hydrogens is 511 g/mol. The van der Waals surface area contributed by atoms with Gasteiger partial charge in [-0.3, -0.25) is 14.4 Å². The van der Waals surface area contributed by atoms with Crippen LogP contribution in [0.5, 0.6) is 5.75 Å². The summed E-state index contributed by atoms with van der Waals surface area (Å²) in [5.41, 5.74) is 9.19. The first-order valence-electron chi connectivity index (χ1n) is 13.0. The van der Waals surface area contributed by atoms with E-state index in [0.717, 1.165) is 11.1 Å². The number of rotatable bonds is 9. The molecule has 40 heavy (non-hydrogen) atoms. The Morgan fingerprint density at radius 1 is 1.00 bits per heavy atom. The van der Waals surface area contributed by atoms with Gasteiger partial charge in [0.1, 0.15) is 22.9 Å². The molecule has 4 aromatic rings. The van der Waals surface area contributed by atoms with Crippen LogP contribution in [0.4, 0.5) is 4.39 Å². The van der Waals surface area contributed by atoms with Crippen molar-refractivity contribution in [2.45, 2.75) is 40.0 Å². The molecule has 3 N–H and O–H groups in total. The van der Waals surface area contributed by atoms with Crippen molar-refractivity contribution in [2.75, 3.05) is 14.2 Å². The number of carbonyl (C=O) groups excluding carboxylic acids is 3. The number of methoxy groups -OCH3 is 1. The molecule has 0 aliphatic rings. The van der Waals surface area contributed by atoms with Crippen LogP contribution in [0.3, 0.4) is 0 Å². The fourth-order valence-corrected chi connectivity index (χ4v) is 4.74. The Labute approximate surface area is 232 Å². The Morgan fingerprint density at radius 3 is 2.27 bits per heavy atom. The molecule has 1 aromatic heterocycles. The second-order valence-electron chi connectivity index (χ2n) is 10.9. The van der Waals surface area contributed by atoms with Crippen molar-refractivity contribution in [2.24, 2.45) is 11.1 Å². The van der Waals surface area contributed by atoms with Gasteiger partial charge < -0.3 is 20.2 Å². The molecule has 1 heterocycles. The van der Waals surface area contributed by atoms with Crippen LogP contribution in [0.25, 0.3) is 33.4 Å². The molecule has 0 saturated heterocycles. The van der Waals surface area contributed by atoms with Crippen LogP contribution >= 0.6 is 0 Å². The Morgan fingerprint density at radius 2 is 1.68 bits per heavy atom. The normalized spacial score (nSPS) is 11.4. The third-order valence-corrected chi connectivity index (χ3v) is 6.62. The maximum absolute atomic E-state index is 13.6. The summed E-state index contributed by atoms with van der Waals surface area (Å²) in [6.07, 6.45) is 0.755. The molecular formula is C32H33FN2O5. The van der Waals surface area contributed by atoms with Crippen molar-refractivity contribution in [3.63, 3.8) is 0 Å². The van der Waals surface area contributed by atoms with Crippen molar-refractivity contribution in [3.05, 3.63) is 77.1 Å². The molecule has 2 amide bonds. The van der Waals surface area contributed by atoms with E-state index in [0.29, 0.717) is 57.6 Å². The van der Waals surface area contributed by atoms with Crippen LogP contribution in [-0.4, -0.2) is 31.8 Å². The first kappa shape index (κ1) is 28.5. The number of halogens is 1. The number of primary amides is 1. The lowest BCUT2D eigenvalue weighted by molar-refractivity contribution is -0.118. The largest absolute Gasteiger partial charge is 0.496 e. The number of fused-ring (bicyclic) bond motifs is 1. The van der Waals surface area contributed by atoms with Gasteiger partial charge in [-0.05, 0) is 77.1 Å². The zero-order valence-electron chi connectivity index (χ0n) is 23.3. The molecule has 3 aromatic carbocycles. The van der Waals surface area contributed by atoms with Gasteiger partial charge in [0.05, 0.1) is 18.2 Å². The summed E-state index contributed by atoms with van der Waals surface area (Å²) in [5, 5.41) is 3.21. The molecule has 7 nitrogen and oxygen atoms in total. The third-order valence-electron chi connectivity index (χ3n) is 6.62. The standard InChI is InChI=1S/C32H33FN2O5/c1-32(2,3)17-25(36)23-16-22(20(9-13-28(34)37)15-27(23)39-5)19-8-12-26-24(14-19)29(31(38)35-4)30(40-26)18-6-10-21(33)11-7-18/h6-8,10-12,14-16H,9,13,17H2,1-5H3,(H2,34,37)(H,35,38). The Balaban J connectivity index is 1.94. The average molecular weight is 545 g/mol. The molecule has 0 saturated carbocycles. The minimum Gasteiger partial charge on any atom is -0.496 e. The number of nitrogens with one attached hydrogen (secondary N) is 1. The van der Waals surface area contributed by atoms with E-state index in [1.54, 1.807) is 30.3 Å². The fourth-order valence-electron chi connectivity index (χ4n) is 4.74. The van der Waals surface area contributed by atoms with Gasteiger partial charge >= 0.3 is 0 Å². The number of carbonyl (C=O) groups is 3. The fraction of sp³-hybridized carbons (Fsp3) is 0.281. The molecule has 0 spiro atoms.